The van der Waals surface area contributed by atoms with E-state index in [1.807, 2.05) is 30.6 Å². The second-order valence-electron chi connectivity index (χ2n) is 7.47. The van der Waals surface area contributed by atoms with E-state index in [1.165, 1.54) is 18.4 Å². The van der Waals surface area contributed by atoms with Gasteiger partial charge in [-0.25, -0.2) is 9.97 Å². The van der Waals surface area contributed by atoms with Crippen molar-refractivity contribution in [3.63, 3.8) is 0 Å². The van der Waals surface area contributed by atoms with E-state index in [0.717, 1.165) is 41.3 Å². The molecule has 1 aliphatic heterocycles. The minimum absolute atomic E-state index is 0.0185. The molecule has 0 unspecified atom stereocenters. The summed E-state index contributed by atoms with van der Waals surface area (Å²) in [6, 6.07) is -0.0552. The number of carbonyl (C=O) groups is 1. The van der Waals surface area contributed by atoms with Crippen molar-refractivity contribution in [1.29, 1.82) is 0 Å². The normalized spacial score (nSPS) is 22.6. The van der Waals surface area contributed by atoms with Crippen LogP contribution in [0.25, 0.3) is 0 Å². The number of fused-ring (bicyclic) bond motifs is 1. The average Bonchev–Trinajstić information content (AvgIpc) is 3.03. The Morgan fingerprint density at radius 2 is 1.92 bits per heavy atom. The van der Waals surface area contributed by atoms with Crippen molar-refractivity contribution in [3.8, 4) is 0 Å². The predicted octanol–water partition coefficient (Wildman–Crippen LogP) is 2.09. The Morgan fingerprint density at radius 3 is 2.65 bits per heavy atom. The zero-order chi connectivity index (χ0) is 18.4. The van der Waals surface area contributed by atoms with Gasteiger partial charge in [-0.1, -0.05) is 0 Å². The first-order chi connectivity index (χ1) is 12.5. The largest absolute Gasteiger partial charge is 0.364 e. The fourth-order valence-corrected chi connectivity index (χ4v) is 4.43. The average molecular weight is 354 g/mol. The number of nitrogens with one attached hydrogen (secondary N) is 1. The van der Waals surface area contributed by atoms with Crippen molar-refractivity contribution in [3.05, 3.63) is 34.5 Å². The molecule has 2 aliphatic rings. The Morgan fingerprint density at radius 1 is 1.15 bits per heavy atom. The van der Waals surface area contributed by atoms with E-state index in [-0.39, 0.29) is 18.0 Å². The smallest absolute Gasteiger partial charge is 0.225 e. The summed E-state index contributed by atoms with van der Waals surface area (Å²) >= 11 is 0. The summed E-state index contributed by atoms with van der Waals surface area (Å²) in [6.45, 7) is 4.08. The number of nitrogens with zero attached hydrogens (tertiary/aromatic N) is 5. The van der Waals surface area contributed by atoms with E-state index in [2.05, 4.69) is 27.3 Å². The second kappa shape index (κ2) is 6.37. The minimum Gasteiger partial charge on any atom is -0.364 e. The SMILES string of the molecule is Cc1nn(C)c(C)c1[C@H]1[C@H](Nc2ncnc3c2CCCC3)CC(=O)N1C. The van der Waals surface area contributed by atoms with Gasteiger partial charge < -0.3 is 10.2 Å². The van der Waals surface area contributed by atoms with Crippen LogP contribution in [0.1, 0.15) is 53.5 Å². The van der Waals surface area contributed by atoms with Crippen molar-refractivity contribution in [2.24, 2.45) is 7.05 Å². The zero-order valence-corrected chi connectivity index (χ0v) is 15.9. The summed E-state index contributed by atoms with van der Waals surface area (Å²) in [5.74, 6) is 1.05. The Bertz CT molecular complexity index is 858. The quantitative estimate of drug-likeness (QED) is 0.913. The Balaban J connectivity index is 1.70. The minimum atomic E-state index is -0.0367. The van der Waals surface area contributed by atoms with Crippen LogP contribution >= 0.6 is 0 Å². The lowest BCUT2D eigenvalue weighted by molar-refractivity contribution is -0.127. The summed E-state index contributed by atoms with van der Waals surface area (Å²) in [6.07, 6.45) is 6.48. The summed E-state index contributed by atoms with van der Waals surface area (Å²) in [5.41, 5.74) is 5.59. The maximum absolute atomic E-state index is 12.5. The number of likely N-dealkylation sites (N-methyl/N-ethyl adjacent to an activating group) is 1. The van der Waals surface area contributed by atoms with Crippen LogP contribution in [0.2, 0.25) is 0 Å². The first-order valence-electron chi connectivity index (χ1n) is 9.32. The number of aromatic nitrogens is 4. The molecule has 3 heterocycles. The second-order valence-corrected chi connectivity index (χ2v) is 7.47. The van der Waals surface area contributed by atoms with Crippen LogP contribution < -0.4 is 5.32 Å². The van der Waals surface area contributed by atoms with Crippen LogP contribution in [0.5, 0.6) is 0 Å². The molecule has 0 spiro atoms. The summed E-state index contributed by atoms with van der Waals surface area (Å²) in [7, 11) is 3.84. The lowest BCUT2D eigenvalue weighted by atomic mass is 9.95. The number of anilines is 1. The molecule has 138 valence electrons. The lowest BCUT2D eigenvalue weighted by Crippen LogP contribution is -2.31. The Labute approximate surface area is 153 Å². The fourth-order valence-electron chi connectivity index (χ4n) is 4.43. The number of likely N-dealkylation sites (tertiary alicyclic amines) is 1. The van der Waals surface area contributed by atoms with Gasteiger partial charge in [0.25, 0.3) is 0 Å². The summed E-state index contributed by atoms with van der Waals surface area (Å²) in [4.78, 5) is 23.3. The highest BCUT2D eigenvalue weighted by Gasteiger charge is 2.41. The van der Waals surface area contributed by atoms with Gasteiger partial charge in [-0.2, -0.15) is 5.10 Å². The first-order valence-corrected chi connectivity index (χ1v) is 9.32. The highest BCUT2D eigenvalue weighted by molar-refractivity contribution is 5.81. The summed E-state index contributed by atoms with van der Waals surface area (Å²) in [5, 5.41) is 8.14. The molecular formula is C19H26N6O. The molecule has 1 amide bonds. The molecule has 0 radical (unpaired) electrons. The Kier molecular flexibility index (Phi) is 4.17. The van der Waals surface area contributed by atoms with Gasteiger partial charge in [0.05, 0.1) is 17.8 Å². The van der Waals surface area contributed by atoms with Gasteiger partial charge in [0.2, 0.25) is 5.91 Å². The molecule has 7 nitrogen and oxygen atoms in total. The predicted molar refractivity (Wildman–Crippen MR) is 98.9 cm³/mol. The van der Waals surface area contributed by atoms with E-state index in [0.29, 0.717) is 6.42 Å². The molecule has 0 bridgehead atoms. The van der Waals surface area contributed by atoms with Gasteiger partial charge in [-0.15, -0.1) is 0 Å². The van der Waals surface area contributed by atoms with Crippen LogP contribution in [-0.4, -0.2) is 43.6 Å². The first kappa shape index (κ1) is 17.0. The van der Waals surface area contributed by atoms with E-state index in [1.54, 1.807) is 6.33 Å². The maximum atomic E-state index is 12.5. The van der Waals surface area contributed by atoms with Crippen molar-refractivity contribution in [2.45, 2.75) is 58.0 Å². The molecule has 1 aliphatic carbocycles. The van der Waals surface area contributed by atoms with Gasteiger partial charge in [-0.3, -0.25) is 9.48 Å². The van der Waals surface area contributed by atoms with Gasteiger partial charge in [-0.05, 0) is 39.5 Å². The van der Waals surface area contributed by atoms with Gasteiger partial charge in [0, 0.05) is 43.0 Å². The molecule has 26 heavy (non-hydrogen) atoms. The van der Waals surface area contributed by atoms with Gasteiger partial charge in [0.1, 0.15) is 12.1 Å². The number of hydrogen-bond donors (Lipinski definition) is 1. The lowest BCUT2D eigenvalue weighted by Gasteiger charge is -2.28. The van der Waals surface area contributed by atoms with Gasteiger partial charge in [0.15, 0.2) is 0 Å². The molecule has 1 fully saturated rings. The van der Waals surface area contributed by atoms with Crippen LogP contribution in [0.3, 0.4) is 0 Å². The highest BCUT2D eigenvalue weighted by atomic mass is 16.2. The fraction of sp³-hybridized carbons (Fsp3) is 0.579. The number of carbonyl (C=O) groups excluding carboxylic acids is 1. The molecule has 2 aromatic rings. The number of rotatable bonds is 3. The zero-order valence-electron chi connectivity index (χ0n) is 15.9. The molecule has 2 aromatic heterocycles. The molecule has 2 atom stereocenters. The molecular weight excluding hydrogens is 328 g/mol. The van der Waals surface area contributed by atoms with Crippen LogP contribution in [0.15, 0.2) is 6.33 Å². The van der Waals surface area contributed by atoms with Crippen LogP contribution in [0.4, 0.5) is 5.82 Å². The third-order valence-corrected chi connectivity index (χ3v) is 5.89. The monoisotopic (exact) mass is 354 g/mol. The molecule has 1 N–H and O–H groups in total. The number of aryl methyl sites for hydroxylation is 3. The third kappa shape index (κ3) is 2.66. The van der Waals surface area contributed by atoms with Crippen LogP contribution in [0, 0.1) is 13.8 Å². The Hall–Kier alpha value is -2.44. The standard InChI is InChI=1S/C19H26N6O/c1-11-17(12(2)25(4)23-11)18-15(9-16(26)24(18)3)22-19-13-7-5-6-8-14(13)20-10-21-19/h10,15,18H,5-9H2,1-4H3,(H,20,21,22)/t15-,18-/m1/s1. The topological polar surface area (TPSA) is 75.9 Å². The van der Waals surface area contributed by atoms with Gasteiger partial charge >= 0.3 is 0 Å². The molecule has 4 rings (SSSR count). The molecule has 7 heteroatoms. The van der Waals surface area contributed by atoms with Crippen molar-refractivity contribution < 1.29 is 4.79 Å². The van der Waals surface area contributed by atoms with Crippen molar-refractivity contribution in [1.82, 2.24) is 24.6 Å². The highest BCUT2D eigenvalue weighted by Crippen LogP contribution is 2.37. The third-order valence-electron chi connectivity index (χ3n) is 5.89. The molecule has 1 saturated heterocycles. The van der Waals surface area contributed by atoms with Crippen LogP contribution in [-0.2, 0) is 24.7 Å². The van der Waals surface area contributed by atoms with Crippen molar-refractivity contribution in [2.75, 3.05) is 12.4 Å². The maximum Gasteiger partial charge on any atom is 0.225 e. The number of hydrogen-bond acceptors (Lipinski definition) is 5. The van der Waals surface area contributed by atoms with Crippen molar-refractivity contribution >= 4 is 11.7 Å². The van der Waals surface area contributed by atoms with E-state index in [4.69, 9.17) is 0 Å². The number of amides is 1. The summed E-state index contributed by atoms with van der Waals surface area (Å²) < 4.78 is 1.89. The van der Waals surface area contributed by atoms with E-state index in [9.17, 15) is 4.79 Å². The van der Waals surface area contributed by atoms with E-state index >= 15 is 0 Å². The van der Waals surface area contributed by atoms with E-state index < -0.39 is 0 Å². The molecule has 0 aromatic carbocycles. The molecule has 0 saturated carbocycles.